The van der Waals surface area contributed by atoms with Crippen molar-refractivity contribution in [2.45, 2.75) is 63.9 Å². The quantitative estimate of drug-likeness (QED) is 0.653. The molecular weight excluding hydrogens is 284 g/mol. The van der Waals surface area contributed by atoms with Crippen molar-refractivity contribution in [3.05, 3.63) is 29.8 Å². The van der Waals surface area contributed by atoms with Crippen LogP contribution in [-0.4, -0.2) is 21.0 Å². The van der Waals surface area contributed by atoms with E-state index in [2.05, 4.69) is 23.9 Å². The fourth-order valence-electron chi connectivity index (χ4n) is 2.21. The summed E-state index contributed by atoms with van der Waals surface area (Å²) in [4.78, 5) is 0.354. The number of nitrogens with one attached hydrogen (secondary N) is 2. The zero-order valence-corrected chi connectivity index (χ0v) is 14.2. The van der Waals surface area contributed by atoms with Gasteiger partial charge in [-0.05, 0) is 43.5 Å². The number of rotatable bonds is 10. The van der Waals surface area contributed by atoms with Crippen LogP contribution in [0.4, 0.5) is 0 Å². The highest BCUT2D eigenvalue weighted by Crippen LogP contribution is 2.14. The Morgan fingerprint density at radius 3 is 2.52 bits per heavy atom. The van der Waals surface area contributed by atoms with E-state index in [1.54, 1.807) is 18.2 Å². The summed E-state index contributed by atoms with van der Waals surface area (Å²) in [6.45, 7) is 7.81. The van der Waals surface area contributed by atoms with Gasteiger partial charge in [-0.3, -0.25) is 0 Å². The first-order valence-electron chi connectivity index (χ1n) is 7.85. The molecule has 4 nitrogen and oxygen atoms in total. The molecule has 21 heavy (non-hydrogen) atoms. The van der Waals surface area contributed by atoms with Crippen molar-refractivity contribution in [1.29, 1.82) is 0 Å². The van der Waals surface area contributed by atoms with E-state index in [1.807, 2.05) is 13.0 Å². The molecule has 1 aromatic carbocycles. The molecular formula is C16H28N2O2S. The van der Waals surface area contributed by atoms with Gasteiger partial charge in [0.1, 0.15) is 0 Å². The highest BCUT2D eigenvalue weighted by atomic mass is 32.2. The van der Waals surface area contributed by atoms with E-state index in [-0.39, 0.29) is 6.04 Å². The predicted octanol–water partition coefficient (Wildman–Crippen LogP) is 3.04. The molecule has 0 radical (unpaired) electrons. The van der Waals surface area contributed by atoms with Gasteiger partial charge in [0.2, 0.25) is 10.0 Å². The lowest BCUT2D eigenvalue weighted by atomic mass is 10.1. The highest BCUT2D eigenvalue weighted by Gasteiger charge is 2.18. The summed E-state index contributed by atoms with van der Waals surface area (Å²) in [5, 5.41) is 3.29. The highest BCUT2D eigenvalue weighted by molar-refractivity contribution is 7.89. The van der Waals surface area contributed by atoms with E-state index in [4.69, 9.17) is 0 Å². The normalized spacial score (nSPS) is 13.3. The molecule has 0 bridgehead atoms. The van der Waals surface area contributed by atoms with Crippen LogP contribution >= 0.6 is 0 Å². The lowest BCUT2D eigenvalue weighted by Gasteiger charge is -2.16. The molecule has 5 heteroatoms. The van der Waals surface area contributed by atoms with Gasteiger partial charge in [0.05, 0.1) is 4.90 Å². The molecule has 0 aliphatic carbocycles. The Labute approximate surface area is 129 Å². The molecule has 1 rings (SSSR count). The van der Waals surface area contributed by atoms with Crippen LogP contribution in [-0.2, 0) is 16.6 Å². The summed E-state index contributed by atoms with van der Waals surface area (Å²) in [7, 11) is -3.42. The summed E-state index contributed by atoms with van der Waals surface area (Å²) in [6, 6.07) is 7.18. The van der Waals surface area contributed by atoms with E-state index in [0.717, 1.165) is 37.8 Å². The molecule has 1 aromatic rings. The van der Waals surface area contributed by atoms with Gasteiger partial charge in [-0.25, -0.2) is 13.1 Å². The van der Waals surface area contributed by atoms with Crippen LogP contribution in [0.2, 0.25) is 0 Å². The van der Waals surface area contributed by atoms with Crippen molar-refractivity contribution in [2.75, 3.05) is 6.54 Å². The van der Waals surface area contributed by atoms with Crippen LogP contribution in [0.25, 0.3) is 0 Å². The molecule has 120 valence electrons. The van der Waals surface area contributed by atoms with Crippen LogP contribution in [0.3, 0.4) is 0 Å². The maximum Gasteiger partial charge on any atom is 0.240 e. The minimum Gasteiger partial charge on any atom is -0.313 e. The largest absolute Gasteiger partial charge is 0.313 e. The van der Waals surface area contributed by atoms with E-state index < -0.39 is 10.0 Å². The van der Waals surface area contributed by atoms with Gasteiger partial charge >= 0.3 is 0 Å². The summed E-state index contributed by atoms with van der Waals surface area (Å²) < 4.78 is 27.7. The first-order chi connectivity index (χ1) is 10.0. The predicted molar refractivity (Wildman–Crippen MR) is 87.7 cm³/mol. The molecule has 0 aliphatic heterocycles. The molecule has 1 unspecified atom stereocenters. The molecule has 0 aromatic heterocycles. The van der Waals surface area contributed by atoms with E-state index in [9.17, 15) is 8.42 Å². The Kier molecular flexibility index (Phi) is 7.93. The molecule has 0 spiro atoms. The second kappa shape index (κ2) is 9.18. The molecule has 0 amide bonds. The average Bonchev–Trinajstić information content (AvgIpc) is 2.47. The molecule has 2 N–H and O–H groups in total. The SMILES string of the molecule is CCCNCc1cccc(S(=O)(=O)NC(CC)CCC)c1. The first kappa shape index (κ1) is 18.1. The number of sulfonamides is 1. The van der Waals surface area contributed by atoms with Crippen LogP contribution in [0.15, 0.2) is 29.2 Å². The Morgan fingerprint density at radius 1 is 1.14 bits per heavy atom. The molecule has 0 saturated carbocycles. The van der Waals surface area contributed by atoms with Crippen LogP contribution in [0, 0.1) is 0 Å². The molecule has 0 heterocycles. The van der Waals surface area contributed by atoms with Gasteiger partial charge in [0, 0.05) is 12.6 Å². The smallest absolute Gasteiger partial charge is 0.240 e. The third-order valence-corrected chi connectivity index (χ3v) is 4.93. The fraction of sp³-hybridized carbons (Fsp3) is 0.625. The van der Waals surface area contributed by atoms with Crippen LogP contribution in [0.5, 0.6) is 0 Å². The lowest BCUT2D eigenvalue weighted by Crippen LogP contribution is -2.34. The van der Waals surface area contributed by atoms with Gasteiger partial charge in [-0.2, -0.15) is 0 Å². The van der Waals surface area contributed by atoms with E-state index in [0.29, 0.717) is 11.4 Å². The van der Waals surface area contributed by atoms with Crippen LogP contribution in [0.1, 0.15) is 52.0 Å². The fourth-order valence-corrected chi connectivity index (χ4v) is 3.64. The van der Waals surface area contributed by atoms with E-state index >= 15 is 0 Å². The van der Waals surface area contributed by atoms with Crippen molar-refractivity contribution in [3.63, 3.8) is 0 Å². The van der Waals surface area contributed by atoms with Crippen LogP contribution < -0.4 is 10.0 Å². The van der Waals surface area contributed by atoms with Crippen molar-refractivity contribution in [2.24, 2.45) is 0 Å². The van der Waals surface area contributed by atoms with Crippen molar-refractivity contribution in [1.82, 2.24) is 10.0 Å². The Morgan fingerprint density at radius 2 is 1.90 bits per heavy atom. The number of benzene rings is 1. The third kappa shape index (κ3) is 6.16. The standard InChI is InChI=1S/C16H28N2O2S/c1-4-8-15(6-3)18-21(19,20)16-10-7-9-14(12-16)13-17-11-5-2/h7,9-10,12,15,17-18H,4-6,8,11,13H2,1-3H3. The summed E-state index contributed by atoms with van der Waals surface area (Å²) >= 11 is 0. The minimum atomic E-state index is -3.42. The van der Waals surface area contributed by atoms with Crippen molar-refractivity contribution < 1.29 is 8.42 Å². The summed E-state index contributed by atoms with van der Waals surface area (Å²) in [5.74, 6) is 0. The van der Waals surface area contributed by atoms with Gasteiger partial charge in [-0.1, -0.05) is 39.3 Å². The van der Waals surface area contributed by atoms with Crippen molar-refractivity contribution in [3.8, 4) is 0 Å². The lowest BCUT2D eigenvalue weighted by molar-refractivity contribution is 0.512. The molecule has 1 atom stereocenters. The average molecular weight is 312 g/mol. The second-order valence-corrected chi connectivity index (χ2v) is 7.05. The van der Waals surface area contributed by atoms with E-state index in [1.165, 1.54) is 0 Å². The van der Waals surface area contributed by atoms with Gasteiger partial charge in [0.25, 0.3) is 0 Å². The Hall–Kier alpha value is -0.910. The summed E-state index contributed by atoms with van der Waals surface area (Å²) in [6.07, 6.45) is 3.72. The topological polar surface area (TPSA) is 58.2 Å². The zero-order valence-electron chi connectivity index (χ0n) is 13.4. The maximum absolute atomic E-state index is 12.4. The molecule has 0 fully saturated rings. The van der Waals surface area contributed by atoms with Crippen molar-refractivity contribution >= 4 is 10.0 Å². The Bertz CT molecular complexity index is 515. The zero-order chi connectivity index (χ0) is 15.7. The monoisotopic (exact) mass is 312 g/mol. The summed E-state index contributed by atoms with van der Waals surface area (Å²) in [5.41, 5.74) is 0.995. The maximum atomic E-state index is 12.4. The minimum absolute atomic E-state index is 0.0156. The van der Waals surface area contributed by atoms with Gasteiger partial charge < -0.3 is 5.32 Å². The second-order valence-electron chi connectivity index (χ2n) is 5.34. The Balaban J connectivity index is 2.80. The van der Waals surface area contributed by atoms with Gasteiger partial charge in [0.15, 0.2) is 0 Å². The van der Waals surface area contributed by atoms with Gasteiger partial charge in [-0.15, -0.1) is 0 Å². The first-order valence-corrected chi connectivity index (χ1v) is 9.33. The number of hydrogen-bond donors (Lipinski definition) is 2. The molecule has 0 aliphatic rings. The molecule has 0 saturated heterocycles. The number of hydrogen-bond acceptors (Lipinski definition) is 3. The third-order valence-electron chi connectivity index (χ3n) is 3.42.